The first kappa shape index (κ1) is 23.0. The third-order valence-electron chi connectivity index (χ3n) is 7.26. The number of nitrogens with zero attached hydrogens (tertiary/aromatic N) is 2. The van der Waals surface area contributed by atoms with Crippen molar-refractivity contribution >= 4 is 5.91 Å². The van der Waals surface area contributed by atoms with E-state index in [4.69, 9.17) is 0 Å². The summed E-state index contributed by atoms with van der Waals surface area (Å²) in [6.45, 7) is 12.0. The molecule has 1 amide bonds. The van der Waals surface area contributed by atoms with Gasteiger partial charge in [-0.1, -0.05) is 50.2 Å². The minimum absolute atomic E-state index is 0.00476. The van der Waals surface area contributed by atoms with E-state index in [2.05, 4.69) is 65.4 Å². The molecule has 0 radical (unpaired) electrons. The van der Waals surface area contributed by atoms with Crippen LogP contribution in [0.3, 0.4) is 0 Å². The van der Waals surface area contributed by atoms with Crippen LogP contribution in [-0.4, -0.2) is 41.9 Å². The van der Waals surface area contributed by atoms with E-state index >= 15 is 0 Å². The predicted octanol–water partition coefficient (Wildman–Crippen LogP) is 5.08. The molecule has 1 N–H and O–H groups in total. The Kier molecular flexibility index (Phi) is 7.99. The lowest BCUT2D eigenvalue weighted by atomic mass is 9.99. The number of hydrogen-bond acceptors (Lipinski definition) is 3. The first-order chi connectivity index (χ1) is 15.5. The molecule has 32 heavy (non-hydrogen) atoms. The second-order valence-corrected chi connectivity index (χ2v) is 10.1. The van der Waals surface area contributed by atoms with Gasteiger partial charge in [-0.25, -0.2) is 0 Å². The molecule has 0 saturated carbocycles. The minimum atomic E-state index is -0.00476. The van der Waals surface area contributed by atoms with Crippen molar-refractivity contribution in [1.29, 1.82) is 0 Å². The summed E-state index contributed by atoms with van der Waals surface area (Å²) in [6, 6.07) is 16.8. The van der Waals surface area contributed by atoms with Crippen molar-refractivity contribution < 1.29 is 4.79 Å². The summed E-state index contributed by atoms with van der Waals surface area (Å²) in [7, 11) is 0. The fourth-order valence-electron chi connectivity index (χ4n) is 4.77. The highest BCUT2D eigenvalue weighted by Gasteiger charge is 2.17. The molecule has 0 aliphatic carbocycles. The van der Waals surface area contributed by atoms with Crippen LogP contribution >= 0.6 is 0 Å². The van der Waals surface area contributed by atoms with E-state index in [1.807, 2.05) is 12.1 Å². The Labute approximate surface area is 194 Å². The average Bonchev–Trinajstić information content (AvgIpc) is 2.82. The van der Waals surface area contributed by atoms with Gasteiger partial charge in [0.2, 0.25) is 0 Å². The van der Waals surface area contributed by atoms with Crippen LogP contribution in [-0.2, 0) is 19.6 Å². The van der Waals surface area contributed by atoms with Gasteiger partial charge in [-0.15, -0.1) is 0 Å². The molecule has 0 atom stereocenters. The molecule has 4 heteroatoms. The zero-order valence-electron chi connectivity index (χ0n) is 19.9. The Bertz CT molecular complexity index is 845. The summed E-state index contributed by atoms with van der Waals surface area (Å²) < 4.78 is 0. The second kappa shape index (κ2) is 11.1. The molecule has 4 nitrogen and oxygen atoms in total. The van der Waals surface area contributed by atoms with E-state index in [0.717, 1.165) is 36.1 Å². The third kappa shape index (κ3) is 6.66. The van der Waals surface area contributed by atoms with E-state index in [9.17, 15) is 4.79 Å². The Morgan fingerprint density at radius 1 is 0.719 bits per heavy atom. The third-order valence-corrected chi connectivity index (χ3v) is 7.26. The van der Waals surface area contributed by atoms with E-state index in [-0.39, 0.29) is 5.91 Å². The molecule has 2 aromatic carbocycles. The Morgan fingerprint density at radius 3 is 1.59 bits per heavy atom. The van der Waals surface area contributed by atoms with Crippen LogP contribution in [0.5, 0.6) is 0 Å². The van der Waals surface area contributed by atoms with Gasteiger partial charge in [0.25, 0.3) is 5.91 Å². The lowest BCUT2D eigenvalue weighted by Crippen LogP contribution is -2.32. The standard InChI is InChI=1S/C28H39N3O/c1-22-11-15-30(16-12-22)20-25-5-3-24(4-6-25)19-29-28(32)27-9-7-26(8-10-27)21-31-17-13-23(2)14-18-31/h3-10,22-23H,11-21H2,1-2H3,(H,29,32). The van der Waals surface area contributed by atoms with Crippen LogP contribution in [0.4, 0.5) is 0 Å². The minimum Gasteiger partial charge on any atom is -0.348 e. The fraction of sp³-hybridized carbons (Fsp3) is 0.536. The van der Waals surface area contributed by atoms with E-state index in [0.29, 0.717) is 6.54 Å². The van der Waals surface area contributed by atoms with Gasteiger partial charge in [-0.2, -0.15) is 0 Å². The summed E-state index contributed by atoms with van der Waals surface area (Å²) in [4.78, 5) is 17.6. The molecule has 4 rings (SSSR count). The molecule has 0 unspecified atom stereocenters. The normalized spacial score (nSPS) is 19.2. The van der Waals surface area contributed by atoms with Crippen LogP contribution in [0.1, 0.15) is 66.6 Å². The van der Waals surface area contributed by atoms with Crippen molar-refractivity contribution in [3.8, 4) is 0 Å². The molecule has 172 valence electrons. The highest BCUT2D eigenvalue weighted by atomic mass is 16.1. The number of benzene rings is 2. The highest BCUT2D eigenvalue weighted by molar-refractivity contribution is 5.94. The number of nitrogens with one attached hydrogen (secondary N) is 1. The maximum Gasteiger partial charge on any atom is 0.251 e. The quantitative estimate of drug-likeness (QED) is 0.661. The van der Waals surface area contributed by atoms with Crippen LogP contribution in [0.15, 0.2) is 48.5 Å². The molecule has 2 heterocycles. The van der Waals surface area contributed by atoms with Gasteiger partial charge < -0.3 is 5.32 Å². The molecular formula is C28H39N3O. The highest BCUT2D eigenvalue weighted by Crippen LogP contribution is 2.19. The van der Waals surface area contributed by atoms with Crippen LogP contribution in [0, 0.1) is 11.8 Å². The molecule has 0 spiro atoms. The summed E-state index contributed by atoms with van der Waals surface area (Å²) >= 11 is 0. The molecule has 2 fully saturated rings. The van der Waals surface area contributed by atoms with Crippen molar-refractivity contribution in [2.75, 3.05) is 26.2 Å². The molecule has 2 saturated heterocycles. The van der Waals surface area contributed by atoms with Crippen molar-refractivity contribution in [2.45, 2.75) is 59.2 Å². The summed E-state index contributed by atoms with van der Waals surface area (Å²) in [5, 5.41) is 3.07. The summed E-state index contributed by atoms with van der Waals surface area (Å²) in [5.74, 6) is 1.72. The lowest BCUT2D eigenvalue weighted by molar-refractivity contribution is 0.0951. The van der Waals surface area contributed by atoms with Crippen molar-refractivity contribution in [2.24, 2.45) is 11.8 Å². The number of hydrogen-bond donors (Lipinski definition) is 1. The maximum absolute atomic E-state index is 12.6. The van der Waals surface area contributed by atoms with Gasteiger partial charge in [-0.3, -0.25) is 14.6 Å². The summed E-state index contributed by atoms with van der Waals surface area (Å²) in [5.41, 5.74) is 4.52. The van der Waals surface area contributed by atoms with Crippen LogP contribution < -0.4 is 5.32 Å². The fourth-order valence-corrected chi connectivity index (χ4v) is 4.77. The SMILES string of the molecule is CC1CCN(Cc2ccc(CNC(=O)c3ccc(CN4CCC(C)CC4)cc3)cc2)CC1. The van der Waals surface area contributed by atoms with Gasteiger partial charge in [0.15, 0.2) is 0 Å². The molecule has 0 bridgehead atoms. The Balaban J connectivity index is 1.22. The van der Waals surface area contributed by atoms with E-state index in [1.54, 1.807) is 0 Å². The van der Waals surface area contributed by atoms with Gasteiger partial charge in [0, 0.05) is 25.2 Å². The second-order valence-electron chi connectivity index (χ2n) is 10.1. The van der Waals surface area contributed by atoms with Gasteiger partial charge >= 0.3 is 0 Å². The zero-order chi connectivity index (χ0) is 22.3. The topological polar surface area (TPSA) is 35.6 Å². The van der Waals surface area contributed by atoms with Gasteiger partial charge in [0.05, 0.1) is 0 Å². The first-order valence-corrected chi connectivity index (χ1v) is 12.4. The average molecular weight is 434 g/mol. The van der Waals surface area contributed by atoms with Crippen molar-refractivity contribution in [3.05, 3.63) is 70.8 Å². The molecule has 2 aromatic rings. The largest absolute Gasteiger partial charge is 0.348 e. The number of amides is 1. The number of piperidine rings is 2. The first-order valence-electron chi connectivity index (χ1n) is 12.4. The Morgan fingerprint density at radius 2 is 1.12 bits per heavy atom. The van der Waals surface area contributed by atoms with Gasteiger partial charge in [0.1, 0.15) is 0 Å². The van der Waals surface area contributed by atoms with E-state index in [1.165, 1.54) is 63.0 Å². The van der Waals surface area contributed by atoms with Crippen molar-refractivity contribution in [3.63, 3.8) is 0 Å². The predicted molar refractivity (Wildman–Crippen MR) is 131 cm³/mol. The Hall–Kier alpha value is -2.17. The monoisotopic (exact) mass is 433 g/mol. The summed E-state index contributed by atoms with van der Waals surface area (Å²) in [6.07, 6.45) is 5.20. The number of carbonyl (C=O) groups is 1. The number of likely N-dealkylation sites (tertiary alicyclic amines) is 2. The number of carbonyl (C=O) groups excluding carboxylic acids is 1. The van der Waals surface area contributed by atoms with Crippen LogP contribution in [0.25, 0.3) is 0 Å². The van der Waals surface area contributed by atoms with Crippen LogP contribution in [0.2, 0.25) is 0 Å². The number of rotatable bonds is 7. The molecule has 2 aliphatic heterocycles. The van der Waals surface area contributed by atoms with E-state index < -0.39 is 0 Å². The molecule has 2 aliphatic rings. The lowest BCUT2D eigenvalue weighted by Gasteiger charge is -2.30. The smallest absolute Gasteiger partial charge is 0.251 e. The molecular weight excluding hydrogens is 394 g/mol. The zero-order valence-corrected chi connectivity index (χ0v) is 19.9. The van der Waals surface area contributed by atoms with Crippen molar-refractivity contribution in [1.82, 2.24) is 15.1 Å². The van der Waals surface area contributed by atoms with Gasteiger partial charge in [-0.05, 0) is 92.5 Å². The molecule has 0 aromatic heterocycles. The maximum atomic E-state index is 12.6.